The van der Waals surface area contributed by atoms with Gasteiger partial charge >= 0.3 is 6.03 Å². The van der Waals surface area contributed by atoms with Crippen LogP contribution in [0.1, 0.15) is 72.1 Å². The maximum absolute atomic E-state index is 12.8. The summed E-state index contributed by atoms with van der Waals surface area (Å²) in [4.78, 5) is 17.3. The van der Waals surface area contributed by atoms with Gasteiger partial charge < -0.3 is 10.2 Å². The van der Waals surface area contributed by atoms with Gasteiger partial charge in [0.05, 0.1) is 0 Å². The highest BCUT2D eigenvalue weighted by atomic mass is 16.2. The van der Waals surface area contributed by atoms with Crippen LogP contribution in [0.2, 0.25) is 0 Å². The van der Waals surface area contributed by atoms with Crippen molar-refractivity contribution in [3.8, 4) is 0 Å². The number of carbonyl (C=O) groups excluding carboxylic acids is 1. The molecule has 0 radical (unpaired) electrons. The van der Waals surface area contributed by atoms with Gasteiger partial charge in [-0.15, -0.1) is 0 Å². The number of rotatable bonds is 4. The lowest BCUT2D eigenvalue weighted by Gasteiger charge is -2.43. The Morgan fingerprint density at radius 1 is 1.03 bits per heavy atom. The first-order valence-electron chi connectivity index (χ1n) is 12.4. The largest absolute Gasteiger partial charge is 0.335 e. The van der Waals surface area contributed by atoms with Gasteiger partial charge in [0.1, 0.15) is 6.29 Å². The molecule has 4 rings (SSSR count). The van der Waals surface area contributed by atoms with Crippen LogP contribution in [0.4, 0.5) is 4.79 Å². The number of urea groups is 1. The van der Waals surface area contributed by atoms with Crippen molar-refractivity contribution in [2.24, 2.45) is 17.8 Å². The van der Waals surface area contributed by atoms with Crippen molar-refractivity contribution >= 4 is 6.03 Å². The molecule has 6 unspecified atom stereocenters. The number of amides is 2. The highest BCUT2D eigenvalue weighted by Gasteiger charge is 2.38. The van der Waals surface area contributed by atoms with Crippen molar-refractivity contribution in [2.45, 2.75) is 90.5 Å². The first kappa shape index (κ1) is 22.3. The highest BCUT2D eigenvalue weighted by molar-refractivity contribution is 5.74. The first-order valence-corrected chi connectivity index (χ1v) is 12.4. The molecule has 2 saturated carbocycles. The average Bonchev–Trinajstić information content (AvgIpc) is 3.26. The maximum Gasteiger partial charge on any atom is 0.317 e. The van der Waals surface area contributed by atoms with Gasteiger partial charge in [-0.05, 0) is 49.9 Å². The van der Waals surface area contributed by atoms with Crippen LogP contribution < -0.4 is 21.8 Å². The Kier molecular flexibility index (Phi) is 7.52. The maximum atomic E-state index is 12.8. The van der Waals surface area contributed by atoms with Crippen LogP contribution in [0.15, 0.2) is 0 Å². The molecule has 2 heterocycles. The van der Waals surface area contributed by atoms with Crippen LogP contribution in [-0.2, 0) is 0 Å². The Bertz CT molecular complexity index is 568. The van der Waals surface area contributed by atoms with Crippen LogP contribution in [0.3, 0.4) is 0 Å². The van der Waals surface area contributed by atoms with E-state index in [4.69, 9.17) is 0 Å². The third-order valence-corrected chi connectivity index (χ3v) is 8.06. The van der Waals surface area contributed by atoms with E-state index in [0.717, 1.165) is 44.4 Å². The zero-order chi connectivity index (χ0) is 21.1. The smallest absolute Gasteiger partial charge is 0.317 e. The summed E-state index contributed by atoms with van der Waals surface area (Å²) in [6.45, 7) is 10.3. The molecule has 8 nitrogen and oxygen atoms in total. The molecule has 8 heteroatoms. The monoisotopic (exact) mass is 421 g/mol. The van der Waals surface area contributed by atoms with Crippen molar-refractivity contribution in [3.05, 3.63) is 0 Å². The fourth-order valence-corrected chi connectivity index (χ4v) is 6.04. The van der Waals surface area contributed by atoms with E-state index in [1.807, 2.05) is 4.90 Å². The van der Waals surface area contributed by atoms with E-state index < -0.39 is 0 Å². The van der Waals surface area contributed by atoms with Crippen LogP contribution in [0.25, 0.3) is 0 Å². The molecule has 0 aromatic carbocycles. The zero-order valence-corrected chi connectivity index (χ0v) is 19.2. The van der Waals surface area contributed by atoms with E-state index in [-0.39, 0.29) is 12.3 Å². The lowest BCUT2D eigenvalue weighted by atomic mass is 9.80. The second-order valence-corrected chi connectivity index (χ2v) is 10.2. The summed E-state index contributed by atoms with van der Waals surface area (Å²) >= 11 is 0. The number of nitrogens with one attached hydrogen (secondary N) is 4. The number of hydrogen-bond acceptors (Lipinski definition) is 6. The van der Waals surface area contributed by atoms with E-state index in [1.54, 1.807) is 0 Å². The molecule has 0 spiro atoms. The van der Waals surface area contributed by atoms with Gasteiger partial charge in [0, 0.05) is 38.3 Å². The van der Waals surface area contributed by atoms with Gasteiger partial charge in [-0.2, -0.15) is 16.1 Å². The predicted molar refractivity (Wildman–Crippen MR) is 119 cm³/mol. The molecule has 0 aromatic heterocycles. The van der Waals surface area contributed by atoms with E-state index in [9.17, 15) is 4.79 Å². The standard InChI is InChI=1S/C22H43N7O/c1-4-18-6-5-7-19(15-18)29-21(24-25-26-29)27-10-12-28(13-11-27)22(30)23-20-9-8-16(2)14-17(20)3/h16-21,24-26H,4-15H2,1-3H3,(H,23,30). The minimum absolute atomic E-state index is 0.131. The third-order valence-electron chi connectivity index (χ3n) is 8.06. The molecule has 2 aliphatic carbocycles. The van der Waals surface area contributed by atoms with E-state index in [2.05, 4.69) is 52.5 Å². The zero-order valence-electron chi connectivity index (χ0n) is 19.2. The van der Waals surface area contributed by atoms with Gasteiger partial charge in [0.2, 0.25) is 0 Å². The van der Waals surface area contributed by atoms with Gasteiger partial charge in [-0.3, -0.25) is 4.90 Å². The molecule has 4 N–H and O–H groups in total. The van der Waals surface area contributed by atoms with Crippen molar-refractivity contribution < 1.29 is 4.79 Å². The topological polar surface area (TPSA) is 74.9 Å². The van der Waals surface area contributed by atoms with E-state index in [0.29, 0.717) is 18.0 Å². The minimum atomic E-state index is 0.131. The molecule has 2 aliphatic heterocycles. The summed E-state index contributed by atoms with van der Waals surface area (Å²) in [7, 11) is 0. The van der Waals surface area contributed by atoms with Gasteiger partial charge in [0.25, 0.3) is 0 Å². The molecule has 2 amide bonds. The Morgan fingerprint density at radius 3 is 2.57 bits per heavy atom. The number of nitrogens with zero attached hydrogens (tertiary/aromatic N) is 3. The molecule has 172 valence electrons. The Morgan fingerprint density at radius 2 is 1.83 bits per heavy atom. The molecule has 2 saturated heterocycles. The van der Waals surface area contributed by atoms with E-state index in [1.165, 1.54) is 44.9 Å². The normalized spacial score (nSPS) is 39.2. The SMILES string of the molecule is CCC1CCCC(N2NNNC2N2CCN(C(=O)NC3CCC(C)CC3C)CC2)C1. The predicted octanol–water partition coefficient (Wildman–Crippen LogP) is 2.22. The summed E-state index contributed by atoms with van der Waals surface area (Å²) in [5.74, 6) is 2.21. The number of hydrogen-bond donors (Lipinski definition) is 4. The molecule has 6 atom stereocenters. The second kappa shape index (κ2) is 10.1. The first-order chi connectivity index (χ1) is 14.5. The highest BCUT2D eigenvalue weighted by Crippen LogP contribution is 2.31. The van der Waals surface area contributed by atoms with Gasteiger partial charge in [-0.1, -0.05) is 40.0 Å². The molecule has 30 heavy (non-hydrogen) atoms. The molecule has 4 aliphatic rings. The fourth-order valence-electron chi connectivity index (χ4n) is 6.04. The Labute approximate surface area is 182 Å². The lowest BCUT2D eigenvalue weighted by molar-refractivity contribution is -0.0302. The van der Waals surface area contributed by atoms with Gasteiger partial charge in [-0.25, -0.2) is 10.2 Å². The molecular weight excluding hydrogens is 378 g/mol. The molecule has 0 aromatic rings. The van der Waals surface area contributed by atoms with Crippen LogP contribution >= 0.6 is 0 Å². The lowest BCUT2D eigenvalue weighted by Crippen LogP contribution is -2.62. The van der Waals surface area contributed by atoms with Crippen molar-refractivity contribution in [1.29, 1.82) is 0 Å². The summed E-state index contributed by atoms with van der Waals surface area (Å²) in [6, 6.07) is 1.03. The molecular formula is C22H43N7O. The summed E-state index contributed by atoms with van der Waals surface area (Å²) in [5, 5.41) is 5.71. The van der Waals surface area contributed by atoms with Gasteiger partial charge in [0.15, 0.2) is 0 Å². The number of hydrazine groups is 3. The Hall–Kier alpha value is -0.930. The Balaban J connectivity index is 1.26. The minimum Gasteiger partial charge on any atom is -0.335 e. The van der Waals surface area contributed by atoms with Crippen molar-refractivity contribution in [3.63, 3.8) is 0 Å². The molecule has 0 bridgehead atoms. The molecule has 4 fully saturated rings. The van der Waals surface area contributed by atoms with Crippen LogP contribution in [0, 0.1) is 17.8 Å². The van der Waals surface area contributed by atoms with Crippen LogP contribution in [0.5, 0.6) is 0 Å². The summed E-state index contributed by atoms with van der Waals surface area (Å²) in [5.41, 5.74) is 9.89. The quantitative estimate of drug-likeness (QED) is 0.558. The van der Waals surface area contributed by atoms with E-state index >= 15 is 0 Å². The third kappa shape index (κ3) is 5.10. The van der Waals surface area contributed by atoms with Crippen LogP contribution in [-0.4, -0.2) is 65.4 Å². The fraction of sp³-hybridized carbons (Fsp3) is 0.955. The number of piperazine rings is 1. The second-order valence-electron chi connectivity index (χ2n) is 10.2. The van der Waals surface area contributed by atoms with Crippen molar-refractivity contribution in [1.82, 2.24) is 36.6 Å². The van der Waals surface area contributed by atoms with Crippen molar-refractivity contribution in [2.75, 3.05) is 26.2 Å². The average molecular weight is 422 g/mol. The summed E-state index contributed by atoms with van der Waals surface area (Å²) < 4.78 is 0. The summed E-state index contributed by atoms with van der Waals surface area (Å²) in [6.07, 6.45) is 10.2. The number of carbonyl (C=O) groups is 1.